The van der Waals surface area contributed by atoms with Crippen molar-refractivity contribution in [1.82, 2.24) is 0 Å². The van der Waals surface area contributed by atoms with Gasteiger partial charge in [-0.1, -0.05) is 54.6 Å². The number of benzene rings is 2. The van der Waals surface area contributed by atoms with Crippen LogP contribution in [0, 0.1) is 0 Å². The summed E-state index contributed by atoms with van der Waals surface area (Å²) >= 11 is 1.26. The van der Waals surface area contributed by atoms with Gasteiger partial charge < -0.3 is 14.6 Å². The number of hydrogen-bond donors (Lipinski definition) is 2. The van der Waals surface area contributed by atoms with Gasteiger partial charge in [0.1, 0.15) is 16.4 Å². The van der Waals surface area contributed by atoms with E-state index in [2.05, 4.69) is 0 Å². The Balaban J connectivity index is 1.72. The third-order valence-corrected chi connectivity index (χ3v) is 5.03. The smallest absolute Gasteiger partial charge is 0.353 e. The first-order valence-corrected chi connectivity index (χ1v) is 9.36. The summed E-state index contributed by atoms with van der Waals surface area (Å²) in [6.07, 6.45) is 0.698. The quantitative estimate of drug-likeness (QED) is 0.601. The number of aryl methyl sites for hydroxylation is 1. The molecule has 0 amide bonds. The van der Waals surface area contributed by atoms with Crippen molar-refractivity contribution >= 4 is 17.7 Å². The molecule has 0 bridgehead atoms. The second kappa shape index (κ2) is 8.60. The molecule has 3 aromatic rings. The molecule has 0 atom stereocenters. The molecule has 0 saturated carbocycles. The van der Waals surface area contributed by atoms with E-state index >= 15 is 0 Å². The summed E-state index contributed by atoms with van der Waals surface area (Å²) in [5, 5.41) is 19.1. The average Bonchev–Trinajstić information content (AvgIpc) is 2.65. The van der Waals surface area contributed by atoms with E-state index in [1.54, 1.807) is 24.3 Å². The number of thioether (sulfide) groups is 1. The minimum Gasteiger partial charge on any atom is -0.506 e. The van der Waals surface area contributed by atoms with Crippen LogP contribution in [0.4, 0.5) is 0 Å². The first-order valence-electron chi connectivity index (χ1n) is 8.38. The molecule has 0 aliphatic heterocycles. The summed E-state index contributed by atoms with van der Waals surface area (Å²) in [6.45, 7) is 0. The molecule has 0 saturated heterocycles. The SMILES string of the molecule is O=C(O)Cc1ccc(-c2cc(O)c(SCCc3ccccc3)c(=O)o2)cc1. The van der Waals surface area contributed by atoms with Crippen molar-refractivity contribution in [2.45, 2.75) is 17.7 Å². The van der Waals surface area contributed by atoms with Crippen LogP contribution in [-0.2, 0) is 17.6 Å². The van der Waals surface area contributed by atoms with Gasteiger partial charge in [0.2, 0.25) is 0 Å². The van der Waals surface area contributed by atoms with Crippen molar-refractivity contribution in [1.29, 1.82) is 0 Å². The van der Waals surface area contributed by atoms with Crippen molar-refractivity contribution in [3.63, 3.8) is 0 Å². The second-order valence-corrected chi connectivity index (χ2v) is 7.07. The molecule has 3 rings (SSSR count). The highest BCUT2D eigenvalue weighted by atomic mass is 32.2. The van der Waals surface area contributed by atoms with Gasteiger partial charge in [0.25, 0.3) is 0 Å². The van der Waals surface area contributed by atoms with Gasteiger partial charge in [0.05, 0.1) is 6.42 Å². The molecule has 0 unspecified atom stereocenters. The van der Waals surface area contributed by atoms with E-state index in [9.17, 15) is 14.7 Å². The molecule has 138 valence electrons. The molecule has 1 heterocycles. The number of carboxylic acid groups (broad SMARTS) is 1. The minimum atomic E-state index is -0.913. The van der Waals surface area contributed by atoms with Gasteiger partial charge in [-0.15, -0.1) is 11.8 Å². The Morgan fingerprint density at radius 1 is 1.00 bits per heavy atom. The second-order valence-electron chi connectivity index (χ2n) is 5.96. The summed E-state index contributed by atoms with van der Waals surface area (Å²) in [6, 6.07) is 18.0. The van der Waals surface area contributed by atoms with E-state index in [0.717, 1.165) is 12.0 Å². The van der Waals surface area contributed by atoms with E-state index in [1.165, 1.54) is 17.8 Å². The van der Waals surface area contributed by atoms with Crippen LogP contribution in [0.3, 0.4) is 0 Å². The lowest BCUT2D eigenvalue weighted by molar-refractivity contribution is -0.136. The molecule has 2 N–H and O–H groups in total. The monoisotopic (exact) mass is 382 g/mol. The molecular formula is C21H18O5S. The molecule has 6 heteroatoms. The van der Waals surface area contributed by atoms with Gasteiger partial charge in [0.15, 0.2) is 0 Å². The van der Waals surface area contributed by atoms with Gasteiger partial charge in [-0.3, -0.25) is 4.79 Å². The van der Waals surface area contributed by atoms with Crippen LogP contribution in [0.25, 0.3) is 11.3 Å². The molecule has 1 aromatic heterocycles. The molecule has 2 aromatic carbocycles. The lowest BCUT2D eigenvalue weighted by Gasteiger charge is -2.07. The zero-order valence-electron chi connectivity index (χ0n) is 14.4. The van der Waals surface area contributed by atoms with Crippen molar-refractivity contribution in [2.24, 2.45) is 0 Å². The third kappa shape index (κ3) is 5.01. The molecule has 0 fully saturated rings. The molecule has 0 aliphatic rings. The van der Waals surface area contributed by atoms with E-state index in [-0.39, 0.29) is 22.8 Å². The topological polar surface area (TPSA) is 87.7 Å². The van der Waals surface area contributed by atoms with Crippen LogP contribution in [0.5, 0.6) is 5.75 Å². The first kappa shape index (κ1) is 18.8. The number of carboxylic acids is 1. The van der Waals surface area contributed by atoms with E-state index in [1.807, 2.05) is 30.3 Å². The highest BCUT2D eigenvalue weighted by Gasteiger charge is 2.13. The Morgan fingerprint density at radius 2 is 1.70 bits per heavy atom. The molecule has 5 nitrogen and oxygen atoms in total. The third-order valence-electron chi connectivity index (χ3n) is 3.96. The number of rotatable bonds is 7. The Kier molecular flexibility index (Phi) is 5.98. The van der Waals surface area contributed by atoms with Crippen LogP contribution in [-0.4, -0.2) is 21.9 Å². The zero-order valence-corrected chi connectivity index (χ0v) is 15.2. The summed E-state index contributed by atoms with van der Waals surface area (Å²) in [5.41, 5.74) is 1.81. The zero-order chi connectivity index (χ0) is 19.2. The van der Waals surface area contributed by atoms with Gasteiger partial charge in [0, 0.05) is 17.4 Å². The first-order chi connectivity index (χ1) is 13.0. The standard InChI is InChI=1S/C21H18O5S/c22-17-13-18(16-8-6-15(7-9-16)12-19(23)24)26-21(25)20(17)27-11-10-14-4-2-1-3-5-14/h1-9,13,22H,10-12H2,(H,23,24). The normalized spacial score (nSPS) is 10.7. The summed E-state index contributed by atoms with van der Waals surface area (Å²) in [7, 11) is 0. The van der Waals surface area contributed by atoms with Crippen molar-refractivity contribution in [3.8, 4) is 17.1 Å². The van der Waals surface area contributed by atoms with Gasteiger partial charge >= 0.3 is 11.6 Å². The average molecular weight is 382 g/mol. The van der Waals surface area contributed by atoms with Gasteiger partial charge in [-0.05, 0) is 17.5 Å². The highest BCUT2D eigenvalue weighted by Crippen LogP contribution is 2.30. The lowest BCUT2D eigenvalue weighted by atomic mass is 10.1. The van der Waals surface area contributed by atoms with Crippen molar-refractivity contribution in [3.05, 3.63) is 82.2 Å². The Bertz CT molecular complexity index is 978. The number of aliphatic carboxylic acids is 1. The summed E-state index contributed by atoms with van der Waals surface area (Å²) < 4.78 is 5.35. The van der Waals surface area contributed by atoms with Gasteiger partial charge in [-0.25, -0.2) is 4.79 Å². The largest absolute Gasteiger partial charge is 0.506 e. The van der Waals surface area contributed by atoms with Crippen LogP contribution in [0.1, 0.15) is 11.1 Å². The Labute approximate surface area is 160 Å². The van der Waals surface area contributed by atoms with E-state index in [4.69, 9.17) is 9.52 Å². The molecule has 27 heavy (non-hydrogen) atoms. The summed E-state index contributed by atoms with van der Waals surface area (Å²) in [5.74, 6) is -0.143. The van der Waals surface area contributed by atoms with Crippen LogP contribution in [0.2, 0.25) is 0 Å². The predicted octanol–water partition coefficient (Wildman–Crippen LogP) is 3.97. The van der Waals surface area contributed by atoms with Crippen LogP contribution >= 0.6 is 11.8 Å². The van der Waals surface area contributed by atoms with E-state index in [0.29, 0.717) is 16.9 Å². The van der Waals surface area contributed by atoms with E-state index < -0.39 is 11.6 Å². The molecular weight excluding hydrogens is 364 g/mol. The van der Waals surface area contributed by atoms with Crippen molar-refractivity contribution < 1.29 is 19.4 Å². The fourth-order valence-electron chi connectivity index (χ4n) is 2.62. The predicted molar refractivity (Wildman–Crippen MR) is 104 cm³/mol. The number of carbonyl (C=O) groups is 1. The summed E-state index contributed by atoms with van der Waals surface area (Å²) in [4.78, 5) is 23.2. The lowest BCUT2D eigenvalue weighted by Crippen LogP contribution is -2.04. The number of hydrogen-bond acceptors (Lipinski definition) is 5. The minimum absolute atomic E-state index is 0.0769. The molecule has 0 aliphatic carbocycles. The Morgan fingerprint density at radius 3 is 2.33 bits per heavy atom. The van der Waals surface area contributed by atoms with Crippen LogP contribution < -0.4 is 5.63 Å². The van der Waals surface area contributed by atoms with Crippen molar-refractivity contribution in [2.75, 3.05) is 5.75 Å². The fourth-order valence-corrected chi connectivity index (χ4v) is 3.53. The highest BCUT2D eigenvalue weighted by molar-refractivity contribution is 7.99. The fraction of sp³-hybridized carbons (Fsp3) is 0.143. The maximum Gasteiger partial charge on any atom is 0.353 e. The maximum atomic E-state index is 12.3. The molecule has 0 spiro atoms. The van der Waals surface area contributed by atoms with Gasteiger partial charge in [-0.2, -0.15) is 0 Å². The Hall–Kier alpha value is -2.99. The number of aromatic hydroxyl groups is 1. The van der Waals surface area contributed by atoms with Crippen LogP contribution in [0.15, 0.2) is 74.8 Å². The maximum absolute atomic E-state index is 12.3. The molecule has 0 radical (unpaired) electrons.